The van der Waals surface area contributed by atoms with Crippen molar-refractivity contribution < 1.29 is 18.6 Å². The first-order valence-electron chi connectivity index (χ1n) is 11.4. The molecule has 0 aromatic carbocycles. The number of nitrogens with zero attached hydrogens (tertiary/aromatic N) is 3. The van der Waals surface area contributed by atoms with E-state index in [0.717, 1.165) is 17.5 Å². The zero-order chi connectivity index (χ0) is 23.9. The van der Waals surface area contributed by atoms with Gasteiger partial charge in [0.25, 0.3) is 0 Å². The Hall–Kier alpha value is -1.61. The van der Waals surface area contributed by atoms with Crippen LogP contribution in [0.4, 0.5) is 0 Å². The van der Waals surface area contributed by atoms with E-state index in [1.165, 1.54) is 0 Å². The quantitative estimate of drug-likeness (QED) is 0.731. The molecule has 176 valence electrons. The first kappa shape index (κ1) is 25.0. The molecular formula is C22H38B2N4O4. The summed E-state index contributed by atoms with van der Waals surface area (Å²) in [4.78, 5) is 0. The van der Waals surface area contributed by atoms with Crippen LogP contribution in [0.1, 0.15) is 69.2 Å². The molecule has 0 saturated carbocycles. The number of aromatic nitrogens is 4. The lowest BCUT2D eigenvalue weighted by molar-refractivity contribution is 0.00578. The Morgan fingerprint density at radius 2 is 1.28 bits per heavy atom. The van der Waals surface area contributed by atoms with Gasteiger partial charge in [0.15, 0.2) is 0 Å². The van der Waals surface area contributed by atoms with Gasteiger partial charge in [0, 0.05) is 42.3 Å². The van der Waals surface area contributed by atoms with Gasteiger partial charge in [0.05, 0.1) is 22.4 Å². The van der Waals surface area contributed by atoms with Crippen LogP contribution in [-0.2, 0) is 25.2 Å². The predicted molar refractivity (Wildman–Crippen MR) is 127 cm³/mol. The van der Waals surface area contributed by atoms with E-state index in [2.05, 4.69) is 56.8 Å². The molecule has 1 N–H and O–H groups in total. The smallest absolute Gasteiger partial charge is 0.399 e. The molecule has 0 bridgehead atoms. The van der Waals surface area contributed by atoms with Gasteiger partial charge in [-0.15, -0.1) is 0 Å². The number of nitrogens with one attached hydrogen (secondary N) is 1. The van der Waals surface area contributed by atoms with Crippen molar-refractivity contribution in [2.75, 3.05) is 0 Å². The summed E-state index contributed by atoms with van der Waals surface area (Å²) < 4.78 is 25.6. The van der Waals surface area contributed by atoms with E-state index in [1.807, 2.05) is 44.8 Å². The van der Waals surface area contributed by atoms with Gasteiger partial charge in [-0.3, -0.25) is 9.78 Å². The van der Waals surface area contributed by atoms with Crippen LogP contribution in [0.15, 0.2) is 24.8 Å². The number of aromatic amines is 1. The molecule has 0 unspecified atom stereocenters. The minimum atomic E-state index is -0.309. The summed E-state index contributed by atoms with van der Waals surface area (Å²) in [6, 6.07) is 0. The number of hydrogen-bond acceptors (Lipinski definition) is 6. The van der Waals surface area contributed by atoms with Crippen LogP contribution in [0, 0.1) is 5.92 Å². The van der Waals surface area contributed by atoms with E-state index in [9.17, 15) is 0 Å². The minimum Gasteiger partial charge on any atom is -0.399 e. The highest BCUT2D eigenvalue weighted by atomic mass is 16.7. The average molecular weight is 444 g/mol. The van der Waals surface area contributed by atoms with Gasteiger partial charge >= 0.3 is 14.2 Å². The van der Waals surface area contributed by atoms with Crippen molar-refractivity contribution in [3.63, 3.8) is 0 Å². The Morgan fingerprint density at radius 1 is 0.812 bits per heavy atom. The molecule has 0 aliphatic carbocycles. The lowest BCUT2D eigenvalue weighted by atomic mass is 9.82. The normalized spacial score (nSPS) is 22.8. The van der Waals surface area contributed by atoms with Crippen molar-refractivity contribution in [1.29, 1.82) is 0 Å². The molecule has 0 radical (unpaired) electrons. The highest BCUT2D eigenvalue weighted by Gasteiger charge is 2.53. The van der Waals surface area contributed by atoms with Crippen LogP contribution >= 0.6 is 0 Å². The molecule has 4 rings (SSSR count). The molecule has 10 heteroatoms. The zero-order valence-corrected chi connectivity index (χ0v) is 21.2. The number of rotatable bonds is 4. The van der Waals surface area contributed by atoms with Gasteiger partial charge in [-0.25, -0.2) is 0 Å². The molecule has 2 aromatic rings. The fourth-order valence-corrected chi connectivity index (χ4v) is 3.32. The van der Waals surface area contributed by atoms with Gasteiger partial charge < -0.3 is 18.6 Å². The Labute approximate surface area is 193 Å². The molecule has 8 nitrogen and oxygen atoms in total. The van der Waals surface area contributed by atoms with Gasteiger partial charge in [0.2, 0.25) is 0 Å². The third-order valence-electron chi connectivity index (χ3n) is 6.78. The number of hydrogen-bond donors (Lipinski definition) is 1. The van der Waals surface area contributed by atoms with Crippen LogP contribution in [-0.4, -0.2) is 56.6 Å². The molecule has 32 heavy (non-hydrogen) atoms. The van der Waals surface area contributed by atoms with E-state index < -0.39 is 0 Å². The maximum absolute atomic E-state index is 5.99. The third-order valence-corrected chi connectivity index (χ3v) is 6.78. The van der Waals surface area contributed by atoms with Crippen LogP contribution < -0.4 is 10.9 Å². The lowest BCUT2D eigenvalue weighted by Crippen LogP contribution is -2.41. The van der Waals surface area contributed by atoms with Crippen molar-refractivity contribution in [3.8, 4) is 0 Å². The standard InChI is InChI=1S/C13H23BN2O2.C9H15BN2O2/c1-10(2)8-16-9-11(7-15-16)14-17-12(3,4)13(5,6)18-14;1-8(2)9(3,4)14-10(13-8)7-5-11-12-6-7/h7,9-10H,8H2,1-6H3;5-6H,1-4H3,(H,11,12). The molecule has 2 saturated heterocycles. The fraction of sp³-hybridized carbons (Fsp3) is 0.727. The molecule has 0 amide bonds. The van der Waals surface area contributed by atoms with Gasteiger partial charge in [-0.2, -0.15) is 10.2 Å². The molecule has 0 atom stereocenters. The second-order valence-electron chi connectivity index (χ2n) is 11.1. The summed E-state index contributed by atoms with van der Waals surface area (Å²) in [5, 5.41) is 11.0. The predicted octanol–water partition coefficient (Wildman–Crippen LogP) is 2.55. The summed E-state index contributed by atoms with van der Waals surface area (Å²) in [5.74, 6) is 0.580. The largest absolute Gasteiger partial charge is 0.498 e. The highest BCUT2D eigenvalue weighted by Crippen LogP contribution is 2.37. The second-order valence-corrected chi connectivity index (χ2v) is 11.1. The van der Waals surface area contributed by atoms with Crippen LogP contribution in [0.2, 0.25) is 0 Å². The Kier molecular flexibility index (Phi) is 6.75. The van der Waals surface area contributed by atoms with Gasteiger partial charge in [0.1, 0.15) is 0 Å². The maximum atomic E-state index is 5.99. The van der Waals surface area contributed by atoms with Crippen molar-refractivity contribution in [3.05, 3.63) is 24.8 Å². The summed E-state index contributed by atoms with van der Waals surface area (Å²) in [6.45, 7) is 21.7. The summed E-state index contributed by atoms with van der Waals surface area (Å²) in [5.41, 5.74) is 0.775. The van der Waals surface area contributed by atoms with Gasteiger partial charge in [-0.1, -0.05) is 13.8 Å². The van der Waals surface area contributed by atoms with Crippen LogP contribution in [0.5, 0.6) is 0 Å². The van der Waals surface area contributed by atoms with Crippen molar-refractivity contribution in [2.45, 2.75) is 98.2 Å². The lowest BCUT2D eigenvalue weighted by Gasteiger charge is -2.32. The first-order chi connectivity index (χ1) is 14.6. The molecule has 2 aromatic heterocycles. The average Bonchev–Trinajstić information content (AvgIpc) is 3.37. The van der Waals surface area contributed by atoms with Crippen LogP contribution in [0.25, 0.3) is 0 Å². The summed E-state index contributed by atoms with van der Waals surface area (Å²) in [6.07, 6.45) is 7.37. The second kappa shape index (κ2) is 8.63. The summed E-state index contributed by atoms with van der Waals surface area (Å²) >= 11 is 0. The monoisotopic (exact) mass is 444 g/mol. The third kappa shape index (κ3) is 5.14. The Balaban J connectivity index is 0.000000186. The van der Waals surface area contributed by atoms with E-state index in [4.69, 9.17) is 18.6 Å². The van der Waals surface area contributed by atoms with E-state index in [1.54, 1.807) is 12.4 Å². The van der Waals surface area contributed by atoms with E-state index in [-0.39, 0.29) is 36.6 Å². The summed E-state index contributed by atoms with van der Waals surface area (Å²) in [7, 11) is -0.616. The van der Waals surface area contributed by atoms with Crippen molar-refractivity contribution in [1.82, 2.24) is 20.0 Å². The molecule has 0 spiro atoms. The topological polar surface area (TPSA) is 83.4 Å². The highest BCUT2D eigenvalue weighted by molar-refractivity contribution is 6.62. The molecule has 4 heterocycles. The Bertz CT molecular complexity index is 862. The number of H-pyrrole nitrogens is 1. The first-order valence-corrected chi connectivity index (χ1v) is 11.4. The van der Waals surface area contributed by atoms with Crippen molar-refractivity contribution in [2.24, 2.45) is 5.92 Å². The van der Waals surface area contributed by atoms with Crippen molar-refractivity contribution >= 4 is 25.2 Å². The van der Waals surface area contributed by atoms with Crippen LogP contribution in [0.3, 0.4) is 0 Å². The SMILES string of the molecule is CC(C)Cn1cc(B2OC(C)(C)C(C)(C)O2)cn1.CC1(C)OB(c2cn[nH]c2)OC1(C)C. The Morgan fingerprint density at radius 3 is 1.69 bits per heavy atom. The molecule has 2 fully saturated rings. The van der Waals surface area contributed by atoms with E-state index in [0.29, 0.717) is 5.92 Å². The molecular weight excluding hydrogens is 406 g/mol. The van der Waals surface area contributed by atoms with E-state index >= 15 is 0 Å². The minimum absolute atomic E-state index is 0.283. The zero-order valence-electron chi connectivity index (χ0n) is 21.2. The van der Waals surface area contributed by atoms with Gasteiger partial charge in [-0.05, 0) is 61.3 Å². The molecule has 2 aliphatic heterocycles. The molecule has 2 aliphatic rings. The maximum Gasteiger partial charge on any atom is 0.498 e. The fourth-order valence-electron chi connectivity index (χ4n) is 3.32.